The van der Waals surface area contributed by atoms with Crippen molar-refractivity contribution < 1.29 is 13.2 Å². The van der Waals surface area contributed by atoms with E-state index in [0.717, 1.165) is 123 Å². The monoisotopic (exact) mass is 962 g/mol. The first-order valence-electron chi connectivity index (χ1n) is 24.5. The van der Waals surface area contributed by atoms with Gasteiger partial charge < -0.3 is 9.13 Å². The lowest BCUT2D eigenvalue weighted by molar-refractivity contribution is -0.137. The van der Waals surface area contributed by atoms with Gasteiger partial charge in [-0.05, 0) is 162 Å². The summed E-state index contributed by atoms with van der Waals surface area (Å²) >= 11 is 0. The van der Waals surface area contributed by atoms with Gasteiger partial charge in [-0.25, -0.2) is 0 Å². The topological polar surface area (TPSA) is 57.4 Å². The molecule has 12 aromatic rings. The molecule has 0 aliphatic heterocycles. The van der Waals surface area contributed by atoms with Crippen LogP contribution in [0.3, 0.4) is 0 Å². The molecular weight excluding hydrogens is 918 g/mol. The van der Waals surface area contributed by atoms with Gasteiger partial charge in [0.25, 0.3) is 0 Å². The van der Waals surface area contributed by atoms with Crippen LogP contribution in [0.15, 0.2) is 200 Å². The van der Waals surface area contributed by atoms with Gasteiger partial charge in [-0.15, -0.1) is 0 Å². The van der Waals surface area contributed by atoms with E-state index in [4.69, 9.17) is 0 Å². The first kappa shape index (κ1) is 45.7. The Morgan fingerprint density at radius 3 is 0.959 bits per heavy atom. The van der Waals surface area contributed by atoms with Gasteiger partial charge in [0.15, 0.2) is 0 Å². The van der Waals surface area contributed by atoms with Crippen molar-refractivity contribution in [2.45, 2.75) is 33.9 Å². The molecule has 0 aliphatic rings. The highest BCUT2D eigenvalue weighted by atomic mass is 19.4. The number of aromatic nitrogens is 2. The molecule has 0 spiro atoms. The molecule has 0 saturated heterocycles. The molecule has 0 aliphatic carbocycles. The summed E-state index contributed by atoms with van der Waals surface area (Å²) < 4.78 is 48.5. The average molecular weight is 963 g/mol. The molecule has 2 aromatic heterocycles. The zero-order chi connectivity index (χ0) is 51.0. The van der Waals surface area contributed by atoms with Gasteiger partial charge in [-0.1, -0.05) is 144 Å². The van der Waals surface area contributed by atoms with Crippen LogP contribution in [0.4, 0.5) is 13.2 Å². The number of hydrogen-bond acceptors (Lipinski definition) is 2. The molecule has 0 atom stereocenters. The minimum Gasteiger partial charge on any atom is -0.308 e. The molecule has 12 rings (SSSR count). The van der Waals surface area contributed by atoms with Crippen LogP contribution in [-0.4, -0.2) is 9.13 Å². The van der Waals surface area contributed by atoms with Crippen LogP contribution in [0, 0.1) is 50.4 Å². The lowest BCUT2D eigenvalue weighted by Crippen LogP contribution is -2.07. The zero-order valence-electron chi connectivity index (χ0n) is 41.0. The van der Waals surface area contributed by atoms with Crippen molar-refractivity contribution in [1.82, 2.24) is 9.13 Å². The van der Waals surface area contributed by atoms with E-state index in [-0.39, 0.29) is 11.1 Å². The second-order valence-electron chi connectivity index (χ2n) is 19.5. The van der Waals surface area contributed by atoms with Gasteiger partial charge in [0.2, 0.25) is 0 Å². The maximum absolute atomic E-state index is 14.8. The van der Waals surface area contributed by atoms with Crippen LogP contribution < -0.4 is 0 Å². The Morgan fingerprint density at radius 1 is 0.338 bits per heavy atom. The number of halogens is 3. The Kier molecular flexibility index (Phi) is 10.9. The Morgan fingerprint density at radius 2 is 0.662 bits per heavy atom. The highest BCUT2D eigenvalue weighted by Gasteiger charge is 2.32. The Labute approximate surface area is 426 Å². The number of aryl methyl sites for hydroxylation is 4. The molecule has 0 radical (unpaired) electrons. The van der Waals surface area contributed by atoms with Gasteiger partial charge in [0.05, 0.1) is 50.6 Å². The Balaban J connectivity index is 1.20. The predicted octanol–water partition coefficient (Wildman–Crippen LogP) is 18.2. The number of hydrogen-bond donors (Lipinski definition) is 0. The summed E-state index contributed by atoms with van der Waals surface area (Å²) in [5.41, 5.74) is 16.9. The van der Waals surface area contributed by atoms with Crippen LogP contribution in [0.2, 0.25) is 0 Å². The molecule has 0 unspecified atom stereocenters. The van der Waals surface area contributed by atoms with Crippen molar-refractivity contribution in [3.8, 4) is 79.1 Å². The van der Waals surface area contributed by atoms with E-state index in [9.17, 15) is 23.7 Å². The van der Waals surface area contributed by atoms with Crippen LogP contribution in [0.5, 0.6) is 0 Å². The van der Waals surface area contributed by atoms with Gasteiger partial charge >= 0.3 is 6.18 Å². The summed E-state index contributed by atoms with van der Waals surface area (Å²) in [5.74, 6) is 0. The summed E-state index contributed by atoms with van der Waals surface area (Å²) in [6, 6.07) is 70.6. The number of benzene rings is 10. The van der Waals surface area contributed by atoms with Crippen molar-refractivity contribution in [3.05, 3.63) is 239 Å². The molecule has 354 valence electrons. The minimum atomic E-state index is -4.73. The summed E-state index contributed by atoms with van der Waals surface area (Å²) in [6.45, 7) is 8.29. The molecule has 2 heterocycles. The van der Waals surface area contributed by atoms with Crippen LogP contribution >= 0.6 is 0 Å². The fraction of sp³-hybridized carbons (Fsp3) is 0.0746. The largest absolute Gasteiger partial charge is 0.416 e. The molecule has 10 aromatic carbocycles. The van der Waals surface area contributed by atoms with Crippen molar-refractivity contribution in [3.63, 3.8) is 0 Å². The Hall–Kier alpha value is -9.43. The van der Waals surface area contributed by atoms with Crippen LogP contribution in [0.1, 0.15) is 38.9 Å². The first-order valence-corrected chi connectivity index (χ1v) is 24.5. The van der Waals surface area contributed by atoms with Crippen molar-refractivity contribution in [2.24, 2.45) is 0 Å². The third kappa shape index (κ3) is 7.96. The first-order chi connectivity index (χ1) is 35.8. The smallest absolute Gasteiger partial charge is 0.308 e. The molecule has 0 saturated carbocycles. The number of alkyl halides is 3. The molecule has 7 heteroatoms. The van der Waals surface area contributed by atoms with Crippen molar-refractivity contribution >= 4 is 43.6 Å². The van der Waals surface area contributed by atoms with Gasteiger partial charge in [-0.2, -0.15) is 23.7 Å². The lowest BCUT2D eigenvalue weighted by atomic mass is 9.96. The number of rotatable bonds is 7. The molecule has 0 bridgehead atoms. The molecule has 4 nitrogen and oxygen atoms in total. The third-order valence-corrected chi connectivity index (χ3v) is 14.3. The summed E-state index contributed by atoms with van der Waals surface area (Å²) in [5, 5.41) is 25.7. The SMILES string of the molecule is Cc1cccc(-c2ccc3c(c2)c2cc(-c4cccc(C)c4)ccc2n3-c2cc(-c3cc(C#N)cc(C(F)(F)F)c3)cc(-n3c4ccc(-c5cccc(C)c5)cc4c4cc(-c5cccc(C)c5)ccc43)c2C#N)c1. The maximum atomic E-state index is 14.8. The fourth-order valence-electron chi connectivity index (χ4n) is 10.9. The fourth-order valence-corrected chi connectivity index (χ4v) is 10.9. The molecule has 0 fully saturated rings. The molecular formula is C67H45F3N4. The summed E-state index contributed by atoms with van der Waals surface area (Å²) in [4.78, 5) is 0. The maximum Gasteiger partial charge on any atom is 0.416 e. The van der Waals surface area contributed by atoms with E-state index < -0.39 is 11.7 Å². The molecule has 0 N–H and O–H groups in total. The number of nitrogens with zero attached hydrogens (tertiary/aromatic N) is 4. The molecule has 74 heavy (non-hydrogen) atoms. The van der Waals surface area contributed by atoms with E-state index in [1.807, 2.05) is 30.3 Å². The lowest BCUT2D eigenvalue weighted by Gasteiger charge is -2.19. The summed E-state index contributed by atoms with van der Waals surface area (Å²) in [7, 11) is 0. The van der Waals surface area contributed by atoms with Gasteiger partial charge in [-0.3, -0.25) is 0 Å². The number of fused-ring (bicyclic) bond motifs is 6. The van der Waals surface area contributed by atoms with Crippen LogP contribution in [-0.2, 0) is 6.18 Å². The van der Waals surface area contributed by atoms with E-state index in [1.165, 1.54) is 6.07 Å². The van der Waals surface area contributed by atoms with Crippen molar-refractivity contribution in [1.29, 1.82) is 10.5 Å². The van der Waals surface area contributed by atoms with Crippen LogP contribution in [0.25, 0.3) is 111 Å². The van der Waals surface area contributed by atoms with Gasteiger partial charge in [0.1, 0.15) is 11.6 Å². The van der Waals surface area contributed by atoms with Crippen molar-refractivity contribution in [2.75, 3.05) is 0 Å². The predicted molar refractivity (Wildman–Crippen MR) is 296 cm³/mol. The highest BCUT2D eigenvalue weighted by Crippen LogP contribution is 2.44. The zero-order valence-corrected chi connectivity index (χ0v) is 41.0. The second-order valence-corrected chi connectivity index (χ2v) is 19.5. The Bertz CT molecular complexity index is 3940. The van der Waals surface area contributed by atoms with Gasteiger partial charge in [0, 0.05) is 21.5 Å². The number of nitriles is 2. The quantitative estimate of drug-likeness (QED) is 0.160. The summed E-state index contributed by atoms with van der Waals surface area (Å²) in [6.07, 6.45) is -4.73. The van der Waals surface area contributed by atoms with E-state index in [0.29, 0.717) is 22.5 Å². The van der Waals surface area contributed by atoms with E-state index in [2.05, 4.69) is 188 Å². The normalized spacial score (nSPS) is 11.7. The minimum absolute atomic E-state index is 0.129. The average Bonchev–Trinajstić information content (AvgIpc) is 3.92. The van der Waals surface area contributed by atoms with E-state index in [1.54, 1.807) is 12.1 Å². The standard InChI is InChI=1S/C67H45F3N4/c1-40-9-5-13-45(25-40)49-17-21-61-56(32-49)57-33-50(46-14-6-10-41(2)26-46)18-22-62(57)73(61)65-36-54(53-29-44(38-71)30-55(31-53)67(68,69)70)37-66(60(65)39-72)74-63-23-19-51(47-15-7-11-42(3)27-47)34-58(63)59-35-52(20-24-64(59)74)48-16-8-12-43(4)28-48/h5-37H,1-4H3. The molecule has 0 amide bonds. The highest BCUT2D eigenvalue weighted by molar-refractivity contribution is 6.14. The second kappa shape index (κ2) is 17.7. The third-order valence-electron chi connectivity index (χ3n) is 14.3. The van der Waals surface area contributed by atoms with E-state index >= 15 is 0 Å².